The number of rotatable bonds is 3. The summed E-state index contributed by atoms with van der Waals surface area (Å²) >= 11 is 3.71. The molecule has 2 atom stereocenters. The van der Waals surface area contributed by atoms with Gasteiger partial charge in [0.1, 0.15) is 5.75 Å². The highest BCUT2D eigenvalue weighted by Crippen LogP contribution is 2.42. The van der Waals surface area contributed by atoms with Crippen LogP contribution in [-0.4, -0.2) is 20.2 Å². The molecule has 0 aromatic heterocycles. The van der Waals surface area contributed by atoms with Gasteiger partial charge in [-0.05, 0) is 42.1 Å². The van der Waals surface area contributed by atoms with Crippen molar-refractivity contribution >= 4 is 15.9 Å². The van der Waals surface area contributed by atoms with Crippen LogP contribution in [0.25, 0.3) is 0 Å². The lowest BCUT2D eigenvalue weighted by Crippen LogP contribution is -2.34. The van der Waals surface area contributed by atoms with Crippen LogP contribution in [-0.2, 0) is 0 Å². The summed E-state index contributed by atoms with van der Waals surface area (Å²) in [5.41, 5.74) is 2.70. The molecule has 1 heterocycles. The molecule has 3 rings (SSSR count). The molecule has 110 valence electrons. The van der Waals surface area contributed by atoms with E-state index in [1.807, 2.05) is 6.07 Å². The minimum Gasteiger partial charge on any atom is -0.496 e. The van der Waals surface area contributed by atoms with Gasteiger partial charge < -0.3 is 10.1 Å². The SMILES string of the molecule is COc1ccccc1C1CCNCC1c1ccccc1Br. The molecule has 2 unspecified atom stereocenters. The molecule has 0 spiro atoms. The first-order chi connectivity index (χ1) is 10.3. The molecule has 0 amide bonds. The van der Waals surface area contributed by atoms with Crippen LogP contribution in [0, 0.1) is 0 Å². The Morgan fingerprint density at radius 2 is 1.71 bits per heavy atom. The van der Waals surface area contributed by atoms with Gasteiger partial charge in [-0.3, -0.25) is 0 Å². The van der Waals surface area contributed by atoms with Gasteiger partial charge >= 0.3 is 0 Å². The molecule has 1 fully saturated rings. The minimum atomic E-state index is 0.464. The van der Waals surface area contributed by atoms with Crippen molar-refractivity contribution in [2.24, 2.45) is 0 Å². The smallest absolute Gasteiger partial charge is 0.122 e. The number of ether oxygens (including phenoxy) is 1. The fraction of sp³-hybridized carbons (Fsp3) is 0.333. The maximum Gasteiger partial charge on any atom is 0.122 e. The third-order valence-corrected chi connectivity index (χ3v) is 5.05. The van der Waals surface area contributed by atoms with Crippen molar-refractivity contribution < 1.29 is 4.74 Å². The molecule has 0 saturated carbocycles. The summed E-state index contributed by atoms with van der Waals surface area (Å²) in [5, 5.41) is 3.54. The molecule has 1 aliphatic rings. The Kier molecular flexibility index (Phi) is 4.61. The lowest BCUT2D eigenvalue weighted by Gasteiger charge is -2.34. The van der Waals surface area contributed by atoms with Gasteiger partial charge in [0, 0.05) is 16.9 Å². The maximum absolute atomic E-state index is 5.58. The summed E-state index contributed by atoms with van der Waals surface area (Å²) in [5.74, 6) is 1.95. The predicted molar refractivity (Wildman–Crippen MR) is 90.1 cm³/mol. The Morgan fingerprint density at radius 1 is 1.00 bits per heavy atom. The van der Waals surface area contributed by atoms with E-state index in [1.165, 1.54) is 15.6 Å². The Balaban J connectivity index is 2.01. The van der Waals surface area contributed by atoms with Crippen LogP contribution in [0.4, 0.5) is 0 Å². The first kappa shape index (κ1) is 14.6. The summed E-state index contributed by atoms with van der Waals surface area (Å²) in [6.45, 7) is 2.06. The Hall–Kier alpha value is -1.32. The molecular weight excluding hydrogens is 326 g/mol. The molecule has 0 bridgehead atoms. The highest BCUT2D eigenvalue weighted by atomic mass is 79.9. The summed E-state index contributed by atoms with van der Waals surface area (Å²) < 4.78 is 6.77. The molecule has 21 heavy (non-hydrogen) atoms. The molecule has 2 aromatic carbocycles. The number of methoxy groups -OCH3 is 1. The molecule has 3 heteroatoms. The molecule has 0 radical (unpaired) electrons. The zero-order chi connectivity index (χ0) is 14.7. The van der Waals surface area contributed by atoms with Gasteiger partial charge in [0.15, 0.2) is 0 Å². The quantitative estimate of drug-likeness (QED) is 0.894. The highest BCUT2D eigenvalue weighted by molar-refractivity contribution is 9.10. The number of piperidine rings is 1. The zero-order valence-electron chi connectivity index (χ0n) is 12.2. The third kappa shape index (κ3) is 2.99. The van der Waals surface area contributed by atoms with E-state index in [-0.39, 0.29) is 0 Å². The number of nitrogens with one attached hydrogen (secondary N) is 1. The molecule has 0 aliphatic carbocycles. The second kappa shape index (κ2) is 6.63. The van der Waals surface area contributed by atoms with E-state index < -0.39 is 0 Å². The zero-order valence-corrected chi connectivity index (χ0v) is 13.8. The van der Waals surface area contributed by atoms with Gasteiger partial charge in [0.25, 0.3) is 0 Å². The van der Waals surface area contributed by atoms with Gasteiger partial charge in [-0.15, -0.1) is 0 Å². The maximum atomic E-state index is 5.58. The van der Waals surface area contributed by atoms with E-state index in [0.717, 1.165) is 25.3 Å². The van der Waals surface area contributed by atoms with E-state index >= 15 is 0 Å². The van der Waals surface area contributed by atoms with Crippen molar-refractivity contribution in [3.05, 3.63) is 64.1 Å². The van der Waals surface area contributed by atoms with Gasteiger partial charge in [-0.2, -0.15) is 0 Å². The van der Waals surface area contributed by atoms with Crippen LogP contribution in [0.1, 0.15) is 29.4 Å². The Labute approximate surface area is 134 Å². The lowest BCUT2D eigenvalue weighted by atomic mass is 9.77. The first-order valence-electron chi connectivity index (χ1n) is 7.39. The molecule has 2 aromatic rings. The van der Waals surface area contributed by atoms with Crippen LogP contribution in [0.5, 0.6) is 5.75 Å². The van der Waals surface area contributed by atoms with Crippen LogP contribution in [0.15, 0.2) is 53.0 Å². The van der Waals surface area contributed by atoms with Crippen molar-refractivity contribution in [2.45, 2.75) is 18.3 Å². The van der Waals surface area contributed by atoms with Crippen LogP contribution in [0.2, 0.25) is 0 Å². The summed E-state index contributed by atoms with van der Waals surface area (Å²) in [4.78, 5) is 0. The van der Waals surface area contributed by atoms with Crippen molar-refractivity contribution in [1.29, 1.82) is 0 Å². The van der Waals surface area contributed by atoms with Crippen LogP contribution in [0.3, 0.4) is 0 Å². The van der Waals surface area contributed by atoms with E-state index in [4.69, 9.17) is 4.74 Å². The van der Waals surface area contributed by atoms with Gasteiger partial charge in [-0.25, -0.2) is 0 Å². The largest absolute Gasteiger partial charge is 0.496 e. The average molecular weight is 346 g/mol. The lowest BCUT2D eigenvalue weighted by molar-refractivity contribution is 0.371. The second-order valence-electron chi connectivity index (χ2n) is 5.47. The fourth-order valence-corrected chi connectivity index (χ4v) is 3.88. The van der Waals surface area contributed by atoms with E-state index in [0.29, 0.717) is 11.8 Å². The molecular formula is C18H20BrNO. The average Bonchev–Trinajstić information content (AvgIpc) is 2.55. The van der Waals surface area contributed by atoms with Crippen LogP contribution >= 0.6 is 15.9 Å². The highest BCUT2D eigenvalue weighted by Gasteiger charge is 2.30. The number of halogens is 1. The Morgan fingerprint density at radius 3 is 2.48 bits per heavy atom. The van der Waals surface area contributed by atoms with E-state index in [9.17, 15) is 0 Å². The second-order valence-corrected chi connectivity index (χ2v) is 6.32. The third-order valence-electron chi connectivity index (χ3n) is 4.33. The van der Waals surface area contributed by atoms with E-state index in [2.05, 4.69) is 63.7 Å². The van der Waals surface area contributed by atoms with Gasteiger partial charge in [0.05, 0.1) is 7.11 Å². The number of hydrogen-bond acceptors (Lipinski definition) is 2. The normalized spacial score (nSPS) is 22.0. The van der Waals surface area contributed by atoms with Crippen LogP contribution < -0.4 is 10.1 Å². The summed E-state index contributed by atoms with van der Waals surface area (Å²) in [6, 6.07) is 17.0. The first-order valence-corrected chi connectivity index (χ1v) is 8.18. The number of benzene rings is 2. The number of para-hydroxylation sites is 1. The van der Waals surface area contributed by atoms with Gasteiger partial charge in [-0.1, -0.05) is 52.3 Å². The monoisotopic (exact) mass is 345 g/mol. The van der Waals surface area contributed by atoms with Crippen molar-refractivity contribution in [1.82, 2.24) is 5.32 Å². The van der Waals surface area contributed by atoms with Crippen molar-refractivity contribution in [3.63, 3.8) is 0 Å². The van der Waals surface area contributed by atoms with Crippen molar-refractivity contribution in [3.8, 4) is 5.75 Å². The minimum absolute atomic E-state index is 0.464. The van der Waals surface area contributed by atoms with Crippen molar-refractivity contribution in [2.75, 3.05) is 20.2 Å². The van der Waals surface area contributed by atoms with Gasteiger partial charge in [0.2, 0.25) is 0 Å². The molecule has 1 N–H and O–H groups in total. The molecule has 1 saturated heterocycles. The molecule has 1 aliphatic heterocycles. The topological polar surface area (TPSA) is 21.3 Å². The standard InChI is InChI=1S/C18H20BrNO/c1-21-18-9-5-3-7-15(18)13-10-11-20-12-16(13)14-6-2-4-8-17(14)19/h2-9,13,16,20H,10-12H2,1H3. The fourth-order valence-electron chi connectivity index (χ4n) is 3.31. The number of hydrogen-bond donors (Lipinski definition) is 1. The predicted octanol–water partition coefficient (Wildman–Crippen LogP) is 4.32. The van der Waals surface area contributed by atoms with E-state index in [1.54, 1.807) is 7.11 Å². The summed E-state index contributed by atoms with van der Waals surface area (Å²) in [6.07, 6.45) is 1.13. The Bertz CT molecular complexity index is 614. The summed E-state index contributed by atoms with van der Waals surface area (Å²) in [7, 11) is 1.76. The molecule has 2 nitrogen and oxygen atoms in total.